The summed E-state index contributed by atoms with van der Waals surface area (Å²) in [6.07, 6.45) is 3.77. The van der Waals surface area contributed by atoms with Crippen LogP contribution < -0.4 is 0 Å². The van der Waals surface area contributed by atoms with Gasteiger partial charge in [0.05, 0.1) is 7.11 Å². The lowest BCUT2D eigenvalue weighted by molar-refractivity contribution is 0.0538. The van der Waals surface area contributed by atoms with Crippen LogP contribution in [0.25, 0.3) is 0 Å². The normalized spacial score (nSPS) is 18.6. The van der Waals surface area contributed by atoms with Gasteiger partial charge in [0, 0.05) is 0 Å². The standard InChI is InChI=1S/C12H16O4/c1-15-12(14)10-7-6-9(16-10)11(13)8-4-2-3-5-8/h6-8,11,13H,2-5H2,1H3. The summed E-state index contributed by atoms with van der Waals surface area (Å²) in [7, 11) is 1.30. The molecular weight excluding hydrogens is 208 g/mol. The zero-order valence-electron chi connectivity index (χ0n) is 9.31. The molecule has 0 aliphatic heterocycles. The molecule has 1 aliphatic rings. The number of aliphatic hydroxyl groups excluding tert-OH is 1. The van der Waals surface area contributed by atoms with Gasteiger partial charge in [0.25, 0.3) is 0 Å². The summed E-state index contributed by atoms with van der Waals surface area (Å²) >= 11 is 0. The van der Waals surface area contributed by atoms with Crippen LogP contribution in [0.2, 0.25) is 0 Å². The van der Waals surface area contributed by atoms with E-state index in [1.165, 1.54) is 7.11 Å². The van der Waals surface area contributed by atoms with Gasteiger partial charge in [-0.25, -0.2) is 4.79 Å². The van der Waals surface area contributed by atoms with Gasteiger partial charge in [-0.2, -0.15) is 0 Å². The highest BCUT2D eigenvalue weighted by Crippen LogP contribution is 2.36. The van der Waals surface area contributed by atoms with Crippen LogP contribution in [0.1, 0.15) is 48.1 Å². The number of aliphatic hydroxyl groups is 1. The maximum Gasteiger partial charge on any atom is 0.373 e. The molecule has 0 spiro atoms. The molecule has 1 fully saturated rings. The van der Waals surface area contributed by atoms with Gasteiger partial charge in [0.2, 0.25) is 5.76 Å². The minimum atomic E-state index is -0.596. The minimum absolute atomic E-state index is 0.148. The number of hydrogen-bond acceptors (Lipinski definition) is 4. The van der Waals surface area contributed by atoms with Crippen molar-refractivity contribution in [3.05, 3.63) is 23.7 Å². The van der Waals surface area contributed by atoms with Crippen LogP contribution in [0, 0.1) is 5.92 Å². The molecule has 1 atom stereocenters. The largest absolute Gasteiger partial charge is 0.463 e. The summed E-state index contributed by atoms with van der Waals surface area (Å²) in [5.41, 5.74) is 0. The fourth-order valence-corrected chi connectivity index (χ4v) is 2.23. The van der Waals surface area contributed by atoms with Crippen molar-refractivity contribution in [3.8, 4) is 0 Å². The average Bonchev–Trinajstić information content (AvgIpc) is 2.97. The van der Waals surface area contributed by atoms with E-state index in [1.54, 1.807) is 12.1 Å². The average molecular weight is 224 g/mol. The molecule has 0 amide bonds. The minimum Gasteiger partial charge on any atom is -0.463 e. The predicted molar refractivity (Wildman–Crippen MR) is 57.0 cm³/mol. The Kier molecular flexibility index (Phi) is 3.29. The van der Waals surface area contributed by atoms with Gasteiger partial charge >= 0.3 is 5.97 Å². The molecule has 1 N–H and O–H groups in total. The van der Waals surface area contributed by atoms with Crippen molar-refractivity contribution in [2.24, 2.45) is 5.92 Å². The summed E-state index contributed by atoms with van der Waals surface area (Å²) in [6, 6.07) is 3.19. The maximum atomic E-state index is 11.2. The molecule has 1 aliphatic carbocycles. The zero-order chi connectivity index (χ0) is 11.5. The SMILES string of the molecule is COC(=O)c1ccc(C(O)C2CCCC2)o1. The van der Waals surface area contributed by atoms with Crippen LogP contribution in [0.3, 0.4) is 0 Å². The molecule has 1 aromatic heterocycles. The van der Waals surface area contributed by atoms with Gasteiger partial charge < -0.3 is 14.3 Å². The van der Waals surface area contributed by atoms with Crippen LogP contribution in [0.4, 0.5) is 0 Å². The molecule has 0 aromatic carbocycles. The summed E-state index contributed by atoms with van der Waals surface area (Å²) < 4.78 is 9.83. The highest BCUT2D eigenvalue weighted by Gasteiger charge is 2.27. The number of ether oxygens (including phenoxy) is 1. The maximum absolute atomic E-state index is 11.2. The van der Waals surface area contributed by atoms with E-state index in [9.17, 15) is 9.90 Å². The second-order valence-electron chi connectivity index (χ2n) is 4.18. The lowest BCUT2D eigenvalue weighted by Gasteiger charge is -2.14. The Bertz CT molecular complexity index is 363. The molecule has 0 radical (unpaired) electrons. The zero-order valence-corrected chi connectivity index (χ0v) is 9.31. The van der Waals surface area contributed by atoms with Crippen molar-refractivity contribution in [3.63, 3.8) is 0 Å². The molecule has 16 heavy (non-hydrogen) atoms. The molecule has 0 bridgehead atoms. The van der Waals surface area contributed by atoms with Gasteiger partial charge in [0.1, 0.15) is 11.9 Å². The first-order valence-corrected chi connectivity index (χ1v) is 5.58. The van der Waals surface area contributed by atoms with E-state index in [1.807, 2.05) is 0 Å². The summed E-state index contributed by atoms with van der Waals surface area (Å²) in [5.74, 6) is 0.364. The number of methoxy groups -OCH3 is 1. The molecule has 2 rings (SSSR count). The van der Waals surface area contributed by atoms with Crippen LogP contribution in [0.15, 0.2) is 16.5 Å². The molecule has 88 valence electrons. The molecular formula is C12H16O4. The van der Waals surface area contributed by atoms with Gasteiger partial charge in [-0.3, -0.25) is 0 Å². The lowest BCUT2D eigenvalue weighted by Crippen LogP contribution is -2.08. The number of esters is 1. The quantitative estimate of drug-likeness (QED) is 0.800. The monoisotopic (exact) mass is 224 g/mol. The fourth-order valence-electron chi connectivity index (χ4n) is 2.23. The van der Waals surface area contributed by atoms with Crippen molar-refractivity contribution in [1.82, 2.24) is 0 Å². The topological polar surface area (TPSA) is 59.7 Å². The molecule has 0 saturated heterocycles. The van der Waals surface area contributed by atoms with Crippen molar-refractivity contribution < 1.29 is 19.1 Å². The Morgan fingerprint density at radius 1 is 1.50 bits per heavy atom. The lowest BCUT2D eigenvalue weighted by atomic mass is 9.99. The third kappa shape index (κ3) is 2.11. The highest BCUT2D eigenvalue weighted by atomic mass is 16.5. The van der Waals surface area contributed by atoms with Gasteiger partial charge in [0.15, 0.2) is 0 Å². The van der Waals surface area contributed by atoms with E-state index in [-0.39, 0.29) is 11.7 Å². The summed E-state index contributed by atoms with van der Waals surface area (Å²) in [4.78, 5) is 11.2. The Balaban J connectivity index is 2.08. The van der Waals surface area contributed by atoms with E-state index < -0.39 is 12.1 Å². The first-order chi connectivity index (χ1) is 7.72. The Labute approximate surface area is 94.2 Å². The first-order valence-electron chi connectivity index (χ1n) is 5.58. The van der Waals surface area contributed by atoms with Gasteiger partial charge in [-0.05, 0) is 30.9 Å². The fraction of sp³-hybridized carbons (Fsp3) is 0.583. The van der Waals surface area contributed by atoms with Crippen molar-refractivity contribution >= 4 is 5.97 Å². The van der Waals surface area contributed by atoms with Crippen molar-refractivity contribution in [2.75, 3.05) is 7.11 Å². The van der Waals surface area contributed by atoms with Crippen LogP contribution in [-0.4, -0.2) is 18.2 Å². The predicted octanol–water partition coefficient (Wildman–Crippen LogP) is 2.29. The molecule has 1 aromatic rings. The van der Waals surface area contributed by atoms with Crippen LogP contribution in [-0.2, 0) is 4.74 Å². The molecule has 1 saturated carbocycles. The van der Waals surface area contributed by atoms with Crippen LogP contribution >= 0.6 is 0 Å². The molecule has 1 unspecified atom stereocenters. The van der Waals surface area contributed by atoms with E-state index in [0.29, 0.717) is 5.76 Å². The van der Waals surface area contributed by atoms with Gasteiger partial charge in [-0.15, -0.1) is 0 Å². The Hall–Kier alpha value is -1.29. The number of furan rings is 1. The molecule has 1 heterocycles. The van der Waals surface area contributed by atoms with Crippen LogP contribution in [0.5, 0.6) is 0 Å². The highest BCUT2D eigenvalue weighted by molar-refractivity contribution is 5.86. The summed E-state index contributed by atoms with van der Waals surface area (Å²) in [6.45, 7) is 0. The smallest absolute Gasteiger partial charge is 0.373 e. The van der Waals surface area contributed by atoms with E-state index in [4.69, 9.17) is 4.42 Å². The molecule has 4 heteroatoms. The van der Waals surface area contributed by atoms with E-state index in [2.05, 4.69) is 4.74 Å². The third-order valence-electron chi connectivity index (χ3n) is 3.15. The van der Waals surface area contributed by atoms with Crippen molar-refractivity contribution in [2.45, 2.75) is 31.8 Å². The second kappa shape index (κ2) is 4.70. The number of rotatable bonds is 3. The van der Waals surface area contributed by atoms with E-state index in [0.717, 1.165) is 25.7 Å². The Morgan fingerprint density at radius 3 is 2.81 bits per heavy atom. The van der Waals surface area contributed by atoms with Gasteiger partial charge in [-0.1, -0.05) is 12.8 Å². The number of carbonyl (C=O) groups is 1. The van der Waals surface area contributed by atoms with Crippen molar-refractivity contribution in [1.29, 1.82) is 0 Å². The second-order valence-corrected chi connectivity index (χ2v) is 4.18. The summed E-state index contributed by atoms with van der Waals surface area (Å²) in [5, 5.41) is 10.0. The Morgan fingerprint density at radius 2 is 2.19 bits per heavy atom. The number of hydrogen-bond donors (Lipinski definition) is 1. The third-order valence-corrected chi connectivity index (χ3v) is 3.15. The number of carbonyl (C=O) groups excluding carboxylic acids is 1. The molecule has 4 nitrogen and oxygen atoms in total. The van der Waals surface area contributed by atoms with E-state index >= 15 is 0 Å². The first kappa shape index (κ1) is 11.2.